The van der Waals surface area contributed by atoms with E-state index < -0.39 is 0 Å². The molecule has 0 spiro atoms. The Labute approximate surface area is 137 Å². The molecule has 0 saturated heterocycles. The molecule has 1 unspecified atom stereocenters. The summed E-state index contributed by atoms with van der Waals surface area (Å²) in [5.74, 6) is -0.206. The smallest absolute Gasteiger partial charge is 0.123 e. The minimum atomic E-state index is -0.206. The number of fused-ring (bicyclic) bond motifs is 1. The fourth-order valence-corrected chi connectivity index (χ4v) is 4.58. The summed E-state index contributed by atoms with van der Waals surface area (Å²) < 4.78 is 14.3. The van der Waals surface area contributed by atoms with Crippen LogP contribution in [0.1, 0.15) is 46.2 Å². The van der Waals surface area contributed by atoms with Crippen LogP contribution in [-0.4, -0.2) is 0 Å². The summed E-state index contributed by atoms with van der Waals surface area (Å²) in [6, 6.07) is 7.01. The second-order valence-electron chi connectivity index (χ2n) is 5.70. The molecule has 1 atom stereocenters. The van der Waals surface area contributed by atoms with Gasteiger partial charge in [-0.2, -0.15) is 0 Å². The molecule has 1 nitrogen and oxygen atoms in total. The van der Waals surface area contributed by atoms with Crippen molar-refractivity contribution in [2.75, 3.05) is 0 Å². The van der Waals surface area contributed by atoms with E-state index in [1.807, 2.05) is 11.3 Å². The summed E-state index contributed by atoms with van der Waals surface area (Å²) in [6.07, 6.45) is 6.95. The van der Waals surface area contributed by atoms with E-state index in [-0.39, 0.29) is 11.9 Å². The lowest BCUT2D eigenvalue weighted by Crippen LogP contribution is -2.12. The molecule has 0 aliphatic heterocycles. The maximum Gasteiger partial charge on any atom is 0.123 e. The minimum absolute atomic E-state index is 0.0555. The molecule has 1 aromatic heterocycles. The van der Waals surface area contributed by atoms with Crippen LogP contribution in [0.15, 0.2) is 28.7 Å². The first-order valence-corrected chi connectivity index (χ1v) is 9.05. The summed E-state index contributed by atoms with van der Waals surface area (Å²) in [4.78, 5) is 2.74. The molecule has 0 saturated carbocycles. The zero-order valence-corrected chi connectivity index (χ0v) is 14.3. The highest BCUT2D eigenvalue weighted by atomic mass is 79.9. The van der Waals surface area contributed by atoms with Crippen LogP contribution in [0.2, 0.25) is 0 Å². The van der Waals surface area contributed by atoms with Crippen LogP contribution < -0.4 is 5.73 Å². The largest absolute Gasteiger partial charge is 0.323 e. The van der Waals surface area contributed by atoms with Gasteiger partial charge >= 0.3 is 0 Å². The number of halogens is 2. The average Bonchev–Trinajstić information content (AvgIpc) is 2.74. The van der Waals surface area contributed by atoms with E-state index in [9.17, 15) is 4.39 Å². The molecule has 2 N–H and O–H groups in total. The molecule has 1 aromatic carbocycles. The maximum atomic E-state index is 13.4. The van der Waals surface area contributed by atoms with Gasteiger partial charge in [0.25, 0.3) is 0 Å². The number of thiophene rings is 1. The highest BCUT2D eigenvalue weighted by Gasteiger charge is 2.17. The van der Waals surface area contributed by atoms with Crippen molar-refractivity contribution in [3.8, 4) is 0 Å². The predicted octanol–water partition coefficient (Wildman–Crippen LogP) is 5.16. The zero-order chi connectivity index (χ0) is 14.8. The number of hydrogen-bond acceptors (Lipinski definition) is 2. The molecule has 3 rings (SSSR count). The van der Waals surface area contributed by atoms with Gasteiger partial charge in [0.05, 0.1) is 0 Å². The number of aryl methyl sites for hydroxylation is 2. The molecule has 0 radical (unpaired) electrons. The molecular weight excluding hydrogens is 349 g/mol. The van der Waals surface area contributed by atoms with Crippen LogP contribution in [0.3, 0.4) is 0 Å². The Hall–Kier alpha value is -0.710. The third kappa shape index (κ3) is 3.55. The topological polar surface area (TPSA) is 26.0 Å². The predicted molar refractivity (Wildman–Crippen MR) is 90.3 cm³/mol. The number of benzene rings is 1. The van der Waals surface area contributed by atoms with Gasteiger partial charge in [-0.1, -0.05) is 22.4 Å². The van der Waals surface area contributed by atoms with E-state index in [1.54, 1.807) is 12.1 Å². The summed E-state index contributed by atoms with van der Waals surface area (Å²) in [7, 11) is 0. The molecule has 112 valence electrons. The van der Waals surface area contributed by atoms with Gasteiger partial charge in [-0.15, -0.1) is 11.3 Å². The molecule has 1 aliphatic carbocycles. The van der Waals surface area contributed by atoms with Crippen molar-refractivity contribution >= 4 is 27.3 Å². The van der Waals surface area contributed by atoms with Crippen molar-refractivity contribution in [2.45, 2.75) is 44.6 Å². The van der Waals surface area contributed by atoms with Crippen LogP contribution in [0.4, 0.5) is 4.39 Å². The Morgan fingerprint density at radius 3 is 2.86 bits per heavy atom. The molecule has 1 aliphatic rings. The van der Waals surface area contributed by atoms with Crippen LogP contribution >= 0.6 is 27.3 Å². The van der Waals surface area contributed by atoms with E-state index in [0.29, 0.717) is 6.42 Å². The van der Waals surface area contributed by atoms with Gasteiger partial charge in [0.1, 0.15) is 5.82 Å². The molecule has 0 amide bonds. The first-order valence-electron chi connectivity index (χ1n) is 7.44. The maximum absolute atomic E-state index is 13.4. The normalized spacial score (nSPS) is 16.3. The van der Waals surface area contributed by atoms with Gasteiger partial charge in [0.15, 0.2) is 0 Å². The molecule has 0 bridgehead atoms. The monoisotopic (exact) mass is 367 g/mol. The number of hydrogen-bond donors (Lipinski definition) is 1. The minimum Gasteiger partial charge on any atom is -0.323 e. The average molecular weight is 368 g/mol. The van der Waals surface area contributed by atoms with Gasteiger partial charge < -0.3 is 5.73 Å². The second kappa shape index (κ2) is 6.59. The summed E-state index contributed by atoms with van der Waals surface area (Å²) >= 11 is 5.33. The summed E-state index contributed by atoms with van der Waals surface area (Å²) in [5, 5.41) is 0. The van der Waals surface area contributed by atoms with E-state index >= 15 is 0 Å². The Morgan fingerprint density at radius 2 is 2.00 bits per heavy atom. The Balaban J connectivity index is 1.79. The van der Waals surface area contributed by atoms with Crippen LogP contribution in [0, 0.1) is 5.82 Å². The summed E-state index contributed by atoms with van der Waals surface area (Å²) in [5.41, 5.74) is 8.79. The van der Waals surface area contributed by atoms with E-state index in [0.717, 1.165) is 10.0 Å². The lowest BCUT2D eigenvalue weighted by molar-refractivity contribution is 0.621. The molecule has 1 heterocycles. The van der Waals surface area contributed by atoms with E-state index in [4.69, 9.17) is 5.73 Å². The zero-order valence-electron chi connectivity index (χ0n) is 11.9. The van der Waals surface area contributed by atoms with Gasteiger partial charge in [-0.25, -0.2) is 4.39 Å². The number of nitrogens with two attached hydrogens (primary N) is 1. The summed E-state index contributed by atoms with van der Waals surface area (Å²) in [6.45, 7) is 0. The van der Waals surface area contributed by atoms with Gasteiger partial charge in [0, 0.05) is 20.3 Å². The van der Waals surface area contributed by atoms with Crippen molar-refractivity contribution in [3.05, 3.63) is 55.4 Å². The van der Waals surface area contributed by atoms with Crippen LogP contribution in [0.25, 0.3) is 0 Å². The molecule has 21 heavy (non-hydrogen) atoms. The lowest BCUT2D eigenvalue weighted by atomic mass is 10.0. The first kappa shape index (κ1) is 15.2. The van der Waals surface area contributed by atoms with E-state index in [2.05, 4.69) is 22.0 Å². The fraction of sp³-hybridized carbons (Fsp3) is 0.412. The van der Waals surface area contributed by atoms with Crippen molar-refractivity contribution in [3.63, 3.8) is 0 Å². The highest BCUT2D eigenvalue weighted by Crippen LogP contribution is 2.33. The molecule has 2 aromatic rings. The third-order valence-corrected chi connectivity index (χ3v) is 6.22. The second-order valence-corrected chi connectivity index (χ2v) is 7.73. The van der Waals surface area contributed by atoms with Crippen LogP contribution in [-0.2, 0) is 19.3 Å². The first-order chi connectivity index (χ1) is 10.1. The molecular formula is C17H19BrFNS. The van der Waals surface area contributed by atoms with Gasteiger partial charge in [-0.3, -0.25) is 0 Å². The standard InChI is InChI=1S/C17H19BrFNS/c18-14-7-6-13(19)8-12(14)9-15(20)17-10-11-4-2-1-3-5-16(11)21-17/h6-8,10,15H,1-5,9,20H2. The Kier molecular flexibility index (Phi) is 4.77. The SMILES string of the molecule is NC(Cc1cc(F)ccc1Br)c1cc2c(s1)CCCCC2. The van der Waals surface area contributed by atoms with Crippen molar-refractivity contribution in [1.82, 2.24) is 0 Å². The fourth-order valence-electron chi connectivity index (χ4n) is 2.91. The molecule has 0 fully saturated rings. The van der Waals surface area contributed by atoms with Gasteiger partial charge in [-0.05, 0) is 67.5 Å². The van der Waals surface area contributed by atoms with Crippen molar-refractivity contribution in [2.24, 2.45) is 5.73 Å². The molecule has 4 heteroatoms. The third-order valence-electron chi connectivity index (χ3n) is 4.08. The van der Waals surface area contributed by atoms with Gasteiger partial charge in [0.2, 0.25) is 0 Å². The van der Waals surface area contributed by atoms with Crippen LogP contribution in [0.5, 0.6) is 0 Å². The van der Waals surface area contributed by atoms with Crippen molar-refractivity contribution in [1.29, 1.82) is 0 Å². The Morgan fingerprint density at radius 1 is 1.19 bits per heavy atom. The quantitative estimate of drug-likeness (QED) is 0.744. The van der Waals surface area contributed by atoms with E-state index in [1.165, 1.54) is 53.5 Å². The highest BCUT2D eigenvalue weighted by molar-refractivity contribution is 9.10. The Bertz CT molecular complexity index is 614. The lowest BCUT2D eigenvalue weighted by Gasteiger charge is -2.11. The van der Waals surface area contributed by atoms with Crippen molar-refractivity contribution < 1.29 is 4.39 Å². The number of rotatable bonds is 3.